The minimum atomic E-state index is 0.600. The zero-order valence-corrected chi connectivity index (χ0v) is 11.3. The molecule has 0 aromatic rings. The second-order valence-electron chi connectivity index (χ2n) is 6.71. The SMILES string of the molecule is CN1CCC(CN2CCC(C)(C)CC2)CC1. The lowest BCUT2D eigenvalue weighted by Gasteiger charge is -2.39. The molecule has 2 rings (SSSR count). The maximum atomic E-state index is 2.71. The summed E-state index contributed by atoms with van der Waals surface area (Å²) in [5, 5.41) is 0. The third kappa shape index (κ3) is 3.46. The molecule has 0 radical (unpaired) electrons. The smallest absolute Gasteiger partial charge is 0.00106 e. The lowest BCUT2D eigenvalue weighted by Crippen LogP contribution is -2.42. The number of hydrogen-bond donors (Lipinski definition) is 0. The highest BCUT2D eigenvalue weighted by atomic mass is 15.1. The molecule has 0 atom stereocenters. The van der Waals surface area contributed by atoms with Gasteiger partial charge in [-0.3, -0.25) is 0 Å². The summed E-state index contributed by atoms with van der Waals surface area (Å²) in [6.07, 6.45) is 5.60. The van der Waals surface area contributed by atoms with Crippen molar-refractivity contribution >= 4 is 0 Å². The van der Waals surface area contributed by atoms with Crippen LogP contribution in [0.2, 0.25) is 0 Å². The molecule has 0 saturated carbocycles. The summed E-state index contributed by atoms with van der Waals surface area (Å²) in [7, 11) is 2.25. The third-order valence-electron chi connectivity index (χ3n) is 4.56. The minimum absolute atomic E-state index is 0.600. The number of hydrogen-bond acceptors (Lipinski definition) is 2. The van der Waals surface area contributed by atoms with Crippen molar-refractivity contribution < 1.29 is 0 Å². The number of rotatable bonds is 2. The van der Waals surface area contributed by atoms with E-state index in [0.29, 0.717) is 5.41 Å². The van der Waals surface area contributed by atoms with Crippen LogP contribution in [0.1, 0.15) is 39.5 Å². The van der Waals surface area contributed by atoms with E-state index in [1.54, 1.807) is 0 Å². The van der Waals surface area contributed by atoms with Crippen molar-refractivity contribution in [2.75, 3.05) is 39.8 Å². The first-order chi connectivity index (χ1) is 7.55. The molecule has 0 aromatic heterocycles. The van der Waals surface area contributed by atoms with Gasteiger partial charge in [-0.05, 0) is 70.2 Å². The van der Waals surface area contributed by atoms with Crippen molar-refractivity contribution in [2.24, 2.45) is 11.3 Å². The van der Waals surface area contributed by atoms with Crippen molar-refractivity contribution in [3.63, 3.8) is 0 Å². The molecule has 2 heterocycles. The monoisotopic (exact) mass is 224 g/mol. The summed E-state index contributed by atoms with van der Waals surface area (Å²) < 4.78 is 0. The number of piperidine rings is 2. The molecule has 16 heavy (non-hydrogen) atoms. The molecule has 0 N–H and O–H groups in total. The zero-order valence-electron chi connectivity index (χ0n) is 11.3. The summed E-state index contributed by atoms with van der Waals surface area (Å²) in [6, 6.07) is 0. The van der Waals surface area contributed by atoms with Gasteiger partial charge < -0.3 is 9.80 Å². The van der Waals surface area contributed by atoms with Crippen LogP contribution in [0.5, 0.6) is 0 Å². The van der Waals surface area contributed by atoms with Crippen molar-refractivity contribution in [2.45, 2.75) is 39.5 Å². The van der Waals surface area contributed by atoms with Crippen molar-refractivity contribution in [1.29, 1.82) is 0 Å². The fourth-order valence-electron chi connectivity index (χ4n) is 2.95. The fourth-order valence-corrected chi connectivity index (χ4v) is 2.95. The van der Waals surface area contributed by atoms with E-state index in [2.05, 4.69) is 30.7 Å². The van der Waals surface area contributed by atoms with E-state index >= 15 is 0 Å². The van der Waals surface area contributed by atoms with E-state index in [0.717, 1.165) is 5.92 Å². The molecular formula is C14H28N2. The predicted octanol–water partition coefficient (Wildman–Crippen LogP) is 2.45. The topological polar surface area (TPSA) is 6.48 Å². The van der Waals surface area contributed by atoms with Crippen LogP contribution in [0.3, 0.4) is 0 Å². The van der Waals surface area contributed by atoms with E-state index < -0.39 is 0 Å². The van der Waals surface area contributed by atoms with Crippen LogP contribution in [0.15, 0.2) is 0 Å². The summed E-state index contributed by atoms with van der Waals surface area (Å²) in [4.78, 5) is 5.18. The molecule has 0 unspecified atom stereocenters. The molecule has 2 aliphatic rings. The average molecular weight is 224 g/mol. The van der Waals surface area contributed by atoms with Gasteiger partial charge in [0, 0.05) is 6.54 Å². The molecule has 2 aliphatic heterocycles. The lowest BCUT2D eigenvalue weighted by atomic mass is 9.82. The quantitative estimate of drug-likeness (QED) is 0.711. The molecule has 0 aromatic carbocycles. The van der Waals surface area contributed by atoms with Gasteiger partial charge in [0.2, 0.25) is 0 Å². The van der Waals surface area contributed by atoms with Crippen LogP contribution in [0.25, 0.3) is 0 Å². The first-order valence-corrected chi connectivity index (χ1v) is 6.96. The van der Waals surface area contributed by atoms with E-state index in [1.807, 2.05) is 0 Å². The van der Waals surface area contributed by atoms with Gasteiger partial charge in [0.25, 0.3) is 0 Å². The average Bonchev–Trinajstić information content (AvgIpc) is 2.24. The number of nitrogens with zero attached hydrogens (tertiary/aromatic N) is 2. The highest BCUT2D eigenvalue weighted by Crippen LogP contribution is 2.30. The molecule has 2 nitrogen and oxygen atoms in total. The molecule has 0 amide bonds. The zero-order chi connectivity index (χ0) is 11.6. The van der Waals surface area contributed by atoms with Gasteiger partial charge >= 0.3 is 0 Å². The van der Waals surface area contributed by atoms with E-state index in [9.17, 15) is 0 Å². The minimum Gasteiger partial charge on any atom is -0.306 e. The van der Waals surface area contributed by atoms with Crippen LogP contribution in [0, 0.1) is 11.3 Å². The van der Waals surface area contributed by atoms with Gasteiger partial charge in [0.1, 0.15) is 0 Å². The molecule has 94 valence electrons. The Bertz CT molecular complexity index is 207. The van der Waals surface area contributed by atoms with Crippen molar-refractivity contribution in [3.8, 4) is 0 Å². The van der Waals surface area contributed by atoms with Gasteiger partial charge in [-0.1, -0.05) is 13.8 Å². The fraction of sp³-hybridized carbons (Fsp3) is 1.00. The maximum absolute atomic E-state index is 2.71. The summed E-state index contributed by atoms with van der Waals surface area (Å²) in [5.41, 5.74) is 0.600. The van der Waals surface area contributed by atoms with E-state index in [-0.39, 0.29) is 0 Å². The Balaban J connectivity index is 1.71. The van der Waals surface area contributed by atoms with Crippen LogP contribution >= 0.6 is 0 Å². The Morgan fingerprint density at radius 1 is 1.00 bits per heavy atom. The van der Waals surface area contributed by atoms with Crippen LogP contribution < -0.4 is 0 Å². The standard InChI is InChI=1S/C14H28N2/c1-14(2)6-10-16(11-7-14)12-13-4-8-15(3)9-5-13/h13H,4-12H2,1-3H3. The Morgan fingerprint density at radius 2 is 1.56 bits per heavy atom. The second kappa shape index (κ2) is 5.05. The van der Waals surface area contributed by atoms with Crippen LogP contribution in [0.4, 0.5) is 0 Å². The Labute approximate surface area is 101 Å². The first-order valence-electron chi connectivity index (χ1n) is 6.96. The molecular weight excluding hydrogens is 196 g/mol. The Kier molecular flexibility index (Phi) is 3.91. The molecule has 2 saturated heterocycles. The largest absolute Gasteiger partial charge is 0.306 e. The Hall–Kier alpha value is -0.0800. The second-order valence-corrected chi connectivity index (χ2v) is 6.71. The van der Waals surface area contributed by atoms with E-state index in [1.165, 1.54) is 58.4 Å². The highest BCUT2D eigenvalue weighted by molar-refractivity contribution is 4.81. The van der Waals surface area contributed by atoms with Gasteiger partial charge in [0.15, 0.2) is 0 Å². The molecule has 0 spiro atoms. The van der Waals surface area contributed by atoms with Crippen LogP contribution in [-0.4, -0.2) is 49.6 Å². The highest BCUT2D eigenvalue weighted by Gasteiger charge is 2.27. The van der Waals surface area contributed by atoms with Crippen molar-refractivity contribution in [3.05, 3.63) is 0 Å². The molecule has 2 heteroatoms. The maximum Gasteiger partial charge on any atom is 0.00106 e. The van der Waals surface area contributed by atoms with Gasteiger partial charge in [0.05, 0.1) is 0 Å². The van der Waals surface area contributed by atoms with E-state index in [4.69, 9.17) is 0 Å². The lowest BCUT2D eigenvalue weighted by molar-refractivity contribution is 0.0983. The van der Waals surface area contributed by atoms with Gasteiger partial charge in [-0.2, -0.15) is 0 Å². The van der Waals surface area contributed by atoms with Gasteiger partial charge in [-0.15, -0.1) is 0 Å². The van der Waals surface area contributed by atoms with Crippen molar-refractivity contribution in [1.82, 2.24) is 9.80 Å². The normalized spacial score (nSPS) is 29.4. The van der Waals surface area contributed by atoms with Crippen LogP contribution in [-0.2, 0) is 0 Å². The summed E-state index contributed by atoms with van der Waals surface area (Å²) in [6.45, 7) is 11.5. The molecule has 2 fully saturated rings. The summed E-state index contributed by atoms with van der Waals surface area (Å²) >= 11 is 0. The molecule has 0 bridgehead atoms. The molecule has 0 aliphatic carbocycles. The van der Waals surface area contributed by atoms with Gasteiger partial charge in [-0.25, -0.2) is 0 Å². The first kappa shape index (κ1) is 12.4. The third-order valence-corrected chi connectivity index (χ3v) is 4.56. The predicted molar refractivity (Wildman–Crippen MR) is 69.7 cm³/mol. The Morgan fingerprint density at radius 3 is 2.12 bits per heavy atom. The summed E-state index contributed by atoms with van der Waals surface area (Å²) in [5.74, 6) is 0.970. The number of likely N-dealkylation sites (tertiary alicyclic amines) is 2.